The highest BCUT2D eigenvalue weighted by atomic mass is 32.2. The van der Waals surface area contributed by atoms with E-state index in [0.717, 1.165) is 38.5 Å². The van der Waals surface area contributed by atoms with Gasteiger partial charge in [-0.2, -0.15) is 4.31 Å². The molecule has 1 aliphatic heterocycles. The number of ether oxygens (including phenoxy) is 1. The number of carbonyl (C=O) groups is 1. The number of rotatable bonds is 8. The van der Waals surface area contributed by atoms with Crippen molar-refractivity contribution in [1.82, 2.24) is 9.62 Å². The second-order valence-electron chi connectivity index (χ2n) is 7.73. The van der Waals surface area contributed by atoms with Crippen molar-refractivity contribution in [3.8, 4) is 0 Å². The smallest absolute Gasteiger partial charge is 0.251 e. The Morgan fingerprint density at radius 3 is 2.32 bits per heavy atom. The number of nitrogens with zero attached hydrogens (tertiary/aromatic N) is 1. The average molecular weight is 409 g/mol. The number of nitrogens with one attached hydrogen (secondary N) is 1. The molecule has 1 saturated carbocycles. The zero-order chi connectivity index (χ0) is 19.8. The molecule has 0 atom stereocenters. The Morgan fingerprint density at radius 1 is 1.00 bits per heavy atom. The van der Waals surface area contributed by atoms with Crippen LogP contribution in [0.25, 0.3) is 0 Å². The van der Waals surface area contributed by atoms with E-state index in [1.807, 2.05) is 0 Å². The summed E-state index contributed by atoms with van der Waals surface area (Å²) in [7, 11) is -3.45. The Kier molecular flexibility index (Phi) is 7.88. The van der Waals surface area contributed by atoms with Crippen LogP contribution in [0.2, 0.25) is 0 Å². The van der Waals surface area contributed by atoms with E-state index in [2.05, 4.69) is 5.32 Å². The quantitative estimate of drug-likeness (QED) is 0.670. The summed E-state index contributed by atoms with van der Waals surface area (Å²) in [6.07, 6.45) is 10.2. The van der Waals surface area contributed by atoms with Crippen LogP contribution in [-0.4, -0.2) is 51.0 Å². The molecular weight excluding hydrogens is 376 g/mol. The van der Waals surface area contributed by atoms with Crippen LogP contribution in [0.3, 0.4) is 0 Å². The van der Waals surface area contributed by atoms with E-state index >= 15 is 0 Å². The van der Waals surface area contributed by atoms with Crippen molar-refractivity contribution in [1.29, 1.82) is 0 Å². The van der Waals surface area contributed by atoms with Crippen LogP contribution in [0.4, 0.5) is 0 Å². The summed E-state index contributed by atoms with van der Waals surface area (Å²) in [4.78, 5) is 12.5. The van der Waals surface area contributed by atoms with Gasteiger partial charge in [-0.25, -0.2) is 8.42 Å². The molecule has 0 aromatic heterocycles. The Morgan fingerprint density at radius 2 is 1.64 bits per heavy atom. The topological polar surface area (TPSA) is 75.7 Å². The Bertz CT molecular complexity index is 721. The molecule has 3 rings (SSSR count). The van der Waals surface area contributed by atoms with Gasteiger partial charge in [-0.1, -0.05) is 25.7 Å². The number of hydrogen-bond acceptors (Lipinski definition) is 4. The lowest BCUT2D eigenvalue weighted by Crippen LogP contribution is -2.35. The first-order valence-electron chi connectivity index (χ1n) is 10.6. The minimum Gasteiger partial charge on any atom is -0.378 e. The van der Waals surface area contributed by atoms with Gasteiger partial charge in [0.15, 0.2) is 0 Å². The first kappa shape index (κ1) is 21.3. The standard InChI is InChI=1S/C21H32N2O4S/c24-21(22-14-7-17-27-19-8-3-1-4-9-19)18-10-12-20(13-11-18)28(25,26)23-15-5-2-6-16-23/h10-13,19H,1-9,14-17H2,(H,22,24). The van der Waals surface area contributed by atoms with Gasteiger partial charge in [0.1, 0.15) is 0 Å². The van der Waals surface area contributed by atoms with Crippen molar-refractivity contribution in [2.45, 2.75) is 68.8 Å². The fraction of sp³-hybridized carbons (Fsp3) is 0.667. The SMILES string of the molecule is O=C(NCCCOC1CCCCC1)c1ccc(S(=O)(=O)N2CCCCC2)cc1. The highest BCUT2D eigenvalue weighted by Gasteiger charge is 2.25. The largest absolute Gasteiger partial charge is 0.378 e. The maximum Gasteiger partial charge on any atom is 0.251 e. The third-order valence-corrected chi connectivity index (χ3v) is 7.49. The summed E-state index contributed by atoms with van der Waals surface area (Å²) in [5.41, 5.74) is 0.478. The van der Waals surface area contributed by atoms with Gasteiger partial charge in [0.25, 0.3) is 5.91 Å². The van der Waals surface area contributed by atoms with E-state index in [0.29, 0.717) is 37.9 Å². The van der Waals surface area contributed by atoms with Gasteiger partial charge >= 0.3 is 0 Å². The van der Waals surface area contributed by atoms with E-state index < -0.39 is 10.0 Å². The Balaban J connectivity index is 1.43. The van der Waals surface area contributed by atoms with Crippen molar-refractivity contribution >= 4 is 15.9 Å². The molecular formula is C21H32N2O4S. The Hall–Kier alpha value is -1.44. The molecule has 1 aromatic rings. The molecule has 1 saturated heterocycles. The molecule has 0 unspecified atom stereocenters. The van der Waals surface area contributed by atoms with E-state index in [-0.39, 0.29) is 10.8 Å². The molecule has 1 N–H and O–H groups in total. The first-order valence-corrected chi connectivity index (χ1v) is 12.0. The van der Waals surface area contributed by atoms with Crippen LogP contribution in [0.1, 0.15) is 68.1 Å². The van der Waals surface area contributed by atoms with Gasteiger partial charge in [-0.15, -0.1) is 0 Å². The summed E-state index contributed by atoms with van der Waals surface area (Å²) in [6, 6.07) is 6.24. The van der Waals surface area contributed by atoms with Crippen LogP contribution in [-0.2, 0) is 14.8 Å². The lowest BCUT2D eigenvalue weighted by molar-refractivity contribution is 0.0273. The number of piperidine rings is 1. The number of hydrogen-bond donors (Lipinski definition) is 1. The molecule has 6 nitrogen and oxygen atoms in total. The highest BCUT2D eigenvalue weighted by Crippen LogP contribution is 2.21. The second kappa shape index (κ2) is 10.4. The number of amides is 1. The predicted molar refractivity (Wildman–Crippen MR) is 109 cm³/mol. The monoisotopic (exact) mass is 408 g/mol. The normalized spacial score (nSPS) is 19.4. The third kappa shape index (κ3) is 5.78. The molecule has 0 radical (unpaired) electrons. The average Bonchev–Trinajstić information content (AvgIpc) is 2.75. The lowest BCUT2D eigenvalue weighted by Gasteiger charge is -2.25. The molecule has 2 aliphatic rings. The summed E-state index contributed by atoms with van der Waals surface area (Å²) >= 11 is 0. The fourth-order valence-electron chi connectivity index (χ4n) is 3.89. The van der Waals surface area contributed by atoms with Crippen LogP contribution in [0, 0.1) is 0 Å². The zero-order valence-electron chi connectivity index (χ0n) is 16.6. The molecule has 0 bridgehead atoms. The molecule has 0 spiro atoms. The molecule has 1 aromatic carbocycles. The van der Waals surface area contributed by atoms with Gasteiger partial charge in [-0.05, 0) is 56.4 Å². The minimum absolute atomic E-state index is 0.181. The van der Waals surface area contributed by atoms with Gasteiger partial charge < -0.3 is 10.1 Å². The molecule has 1 amide bonds. The number of carbonyl (C=O) groups excluding carboxylic acids is 1. The van der Waals surface area contributed by atoms with Crippen LogP contribution < -0.4 is 5.32 Å². The van der Waals surface area contributed by atoms with E-state index in [4.69, 9.17) is 4.74 Å². The third-order valence-electron chi connectivity index (χ3n) is 5.58. The molecule has 1 aliphatic carbocycles. The van der Waals surface area contributed by atoms with Crippen molar-refractivity contribution in [3.63, 3.8) is 0 Å². The molecule has 1 heterocycles. The summed E-state index contributed by atoms with van der Waals surface area (Å²) in [6.45, 7) is 2.37. The minimum atomic E-state index is -3.45. The zero-order valence-corrected chi connectivity index (χ0v) is 17.4. The summed E-state index contributed by atoms with van der Waals surface area (Å²) in [5.74, 6) is -0.181. The lowest BCUT2D eigenvalue weighted by atomic mass is 9.98. The van der Waals surface area contributed by atoms with Crippen molar-refractivity contribution in [2.75, 3.05) is 26.2 Å². The van der Waals surface area contributed by atoms with Gasteiger partial charge in [0.2, 0.25) is 10.0 Å². The maximum atomic E-state index is 12.7. The molecule has 156 valence electrons. The Labute approximate surface area is 168 Å². The molecule has 2 fully saturated rings. The first-order chi connectivity index (χ1) is 13.6. The maximum absolute atomic E-state index is 12.7. The summed E-state index contributed by atoms with van der Waals surface area (Å²) < 4.78 is 32.7. The van der Waals surface area contributed by atoms with Crippen molar-refractivity contribution in [3.05, 3.63) is 29.8 Å². The van der Waals surface area contributed by atoms with E-state index in [1.54, 1.807) is 12.1 Å². The van der Waals surface area contributed by atoms with Crippen LogP contribution >= 0.6 is 0 Å². The van der Waals surface area contributed by atoms with Crippen molar-refractivity contribution < 1.29 is 17.9 Å². The van der Waals surface area contributed by atoms with Crippen LogP contribution in [0.5, 0.6) is 0 Å². The van der Waals surface area contributed by atoms with Crippen LogP contribution in [0.15, 0.2) is 29.2 Å². The van der Waals surface area contributed by atoms with Crippen molar-refractivity contribution in [2.24, 2.45) is 0 Å². The van der Waals surface area contributed by atoms with E-state index in [1.165, 1.54) is 35.7 Å². The van der Waals surface area contributed by atoms with Gasteiger partial charge in [-0.3, -0.25) is 4.79 Å². The number of sulfonamides is 1. The highest BCUT2D eigenvalue weighted by molar-refractivity contribution is 7.89. The molecule has 28 heavy (non-hydrogen) atoms. The second-order valence-corrected chi connectivity index (χ2v) is 9.67. The molecule has 7 heteroatoms. The van der Waals surface area contributed by atoms with Gasteiger partial charge in [0.05, 0.1) is 11.0 Å². The van der Waals surface area contributed by atoms with Gasteiger partial charge in [0, 0.05) is 31.8 Å². The fourth-order valence-corrected chi connectivity index (χ4v) is 5.41. The van der Waals surface area contributed by atoms with E-state index in [9.17, 15) is 13.2 Å². The number of benzene rings is 1. The predicted octanol–water partition coefficient (Wildman–Crippen LogP) is 3.33. The summed E-state index contributed by atoms with van der Waals surface area (Å²) in [5, 5.41) is 2.88.